The summed E-state index contributed by atoms with van der Waals surface area (Å²) in [7, 11) is 0. The van der Waals surface area contributed by atoms with E-state index in [1.807, 2.05) is 19.1 Å². The summed E-state index contributed by atoms with van der Waals surface area (Å²) in [5, 5.41) is 0. The molecular formula is C22H16F4N2O3. The molecule has 31 heavy (non-hydrogen) atoms. The largest absolute Gasteiger partial charge is 0.573 e. The zero-order chi connectivity index (χ0) is 22.2. The number of halogens is 4. The van der Waals surface area contributed by atoms with E-state index in [9.17, 15) is 22.4 Å². The van der Waals surface area contributed by atoms with Crippen LogP contribution in [0.3, 0.4) is 0 Å². The Labute approximate surface area is 174 Å². The van der Waals surface area contributed by atoms with Gasteiger partial charge in [0.1, 0.15) is 17.3 Å². The van der Waals surface area contributed by atoms with Crippen molar-refractivity contribution in [2.75, 3.05) is 0 Å². The van der Waals surface area contributed by atoms with Crippen LogP contribution in [0.5, 0.6) is 11.5 Å². The highest BCUT2D eigenvalue weighted by Crippen LogP contribution is 2.34. The molecule has 0 saturated heterocycles. The third kappa shape index (κ3) is 4.76. The van der Waals surface area contributed by atoms with Crippen molar-refractivity contribution in [1.82, 2.24) is 9.88 Å². The molecule has 9 heteroatoms. The van der Waals surface area contributed by atoms with Crippen LogP contribution >= 0.6 is 0 Å². The number of carbonyl (C=O) groups excluding carboxylic acids is 1. The Morgan fingerprint density at radius 2 is 1.94 bits per heavy atom. The molecule has 0 atom stereocenters. The Morgan fingerprint density at radius 1 is 1.13 bits per heavy atom. The third-order valence-corrected chi connectivity index (χ3v) is 4.66. The lowest BCUT2D eigenvalue weighted by Crippen LogP contribution is -2.36. The highest BCUT2D eigenvalue weighted by Gasteiger charge is 2.31. The van der Waals surface area contributed by atoms with Crippen molar-refractivity contribution < 1.29 is 31.8 Å². The number of hydrogen-bond acceptors (Lipinski definition) is 4. The van der Waals surface area contributed by atoms with Gasteiger partial charge in [0, 0.05) is 22.9 Å². The van der Waals surface area contributed by atoms with Crippen molar-refractivity contribution in [2.45, 2.75) is 26.4 Å². The molecule has 0 unspecified atom stereocenters. The first-order valence-corrected chi connectivity index (χ1v) is 9.26. The number of fused-ring (bicyclic) bond motifs is 1. The molecule has 0 aliphatic carbocycles. The molecule has 0 radical (unpaired) electrons. The maximum atomic E-state index is 14.5. The standard InChI is InChI=1S/C22H16F4N2O3/c1-13-3-2-4-16(27-13)12-28-11-15-9-14(5-8-20(15)30-21(28)29)18-7-6-17(10-19(18)23)31-22(24,25)26/h2-10H,11-12H2,1H3. The number of pyridine rings is 1. The number of nitrogens with zero attached hydrogens (tertiary/aromatic N) is 2. The predicted octanol–water partition coefficient (Wildman–Crippen LogP) is 5.61. The van der Waals surface area contributed by atoms with E-state index in [0.717, 1.165) is 11.8 Å². The zero-order valence-corrected chi connectivity index (χ0v) is 16.2. The van der Waals surface area contributed by atoms with Crippen LogP contribution in [0.1, 0.15) is 17.0 Å². The minimum atomic E-state index is -4.90. The van der Waals surface area contributed by atoms with Crippen molar-refractivity contribution in [3.8, 4) is 22.6 Å². The van der Waals surface area contributed by atoms with Crippen molar-refractivity contribution in [3.05, 3.63) is 77.4 Å². The van der Waals surface area contributed by atoms with E-state index in [1.165, 1.54) is 23.1 Å². The molecule has 0 bridgehead atoms. The Bertz CT molecular complexity index is 1150. The van der Waals surface area contributed by atoms with Crippen LogP contribution in [0.15, 0.2) is 54.6 Å². The lowest BCUT2D eigenvalue weighted by molar-refractivity contribution is -0.274. The SMILES string of the molecule is Cc1cccc(CN2Cc3cc(-c4ccc(OC(F)(F)F)cc4F)ccc3OC2=O)n1. The van der Waals surface area contributed by atoms with Crippen LogP contribution in [-0.2, 0) is 13.1 Å². The Kier molecular flexibility index (Phi) is 5.26. The van der Waals surface area contributed by atoms with E-state index in [1.54, 1.807) is 12.1 Å². The average Bonchev–Trinajstić information content (AvgIpc) is 2.67. The first-order chi connectivity index (χ1) is 14.7. The van der Waals surface area contributed by atoms with Crippen LogP contribution < -0.4 is 9.47 Å². The third-order valence-electron chi connectivity index (χ3n) is 4.66. The number of ether oxygens (including phenoxy) is 2. The molecular weight excluding hydrogens is 416 g/mol. The fourth-order valence-electron chi connectivity index (χ4n) is 3.33. The summed E-state index contributed by atoms with van der Waals surface area (Å²) < 4.78 is 60.6. The van der Waals surface area contributed by atoms with Gasteiger partial charge in [-0.25, -0.2) is 9.18 Å². The monoisotopic (exact) mass is 432 g/mol. The van der Waals surface area contributed by atoms with Gasteiger partial charge >= 0.3 is 12.5 Å². The lowest BCUT2D eigenvalue weighted by atomic mass is 10.0. The van der Waals surface area contributed by atoms with E-state index in [-0.39, 0.29) is 18.7 Å². The van der Waals surface area contributed by atoms with Crippen LogP contribution in [-0.4, -0.2) is 22.3 Å². The molecule has 1 aliphatic heterocycles. The molecule has 3 aromatic rings. The highest BCUT2D eigenvalue weighted by molar-refractivity contribution is 5.75. The van der Waals surface area contributed by atoms with Crippen LogP contribution in [0.4, 0.5) is 22.4 Å². The first-order valence-electron chi connectivity index (χ1n) is 9.26. The number of aryl methyl sites for hydroxylation is 1. The summed E-state index contributed by atoms with van der Waals surface area (Å²) in [6.07, 6.45) is -5.43. The minimum Gasteiger partial charge on any atom is -0.410 e. The maximum Gasteiger partial charge on any atom is 0.573 e. The summed E-state index contributed by atoms with van der Waals surface area (Å²) >= 11 is 0. The van der Waals surface area contributed by atoms with Gasteiger partial charge in [-0.3, -0.25) is 9.88 Å². The molecule has 1 aromatic heterocycles. The predicted molar refractivity (Wildman–Crippen MR) is 103 cm³/mol. The normalized spacial score (nSPS) is 13.6. The Morgan fingerprint density at radius 3 is 2.65 bits per heavy atom. The fourth-order valence-corrected chi connectivity index (χ4v) is 3.33. The molecule has 4 rings (SSSR count). The van der Waals surface area contributed by atoms with Gasteiger partial charge in [-0.1, -0.05) is 12.1 Å². The van der Waals surface area contributed by atoms with Gasteiger partial charge in [0.25, 0.3) is 0 Å². The molecule has 160 valence electrons. The number of amides is 1. The van der Waals surface area contributed by atoms with Crippen LogP contribution in [0.25, 0.3) is 11.1 Å². The Balaban J connectivity index is 1.58. The van der Waals surface area contributed by atoms with Crippen LogP contribution in [0, 0.1) is 12.7 Å². The Hall–Kier alpha value is -3.62. The molecule has 0 spiro atoms. The van der Waals surface area contributed by atoms with Crippen molar-refractivity contribution in [3.63, 3.8) is 0 Å². The van der Waals surface area contributed by atoms with E-state index >= 15 is 0 Å². The van der Waals surface area contributed by atoms with Gasteiger partial charge in [-0.15, -0.1) is 13.2 Å². The van der Waals surface area contributed by atoms with Gasteiger partial charge in [0.15, 0.2) is 0 Å². The lowest BCUT2D eigenvalue weighted by Gasteiger charge is -2.28. The number of benzene rings is 2. The molecule has 5 nitrogen and oxygen atoms in total. The molecule has 1 aliphatic rings. The summed E-state index contributed by atoms with van der Waals surface area (Å²) in [5.74, 6) is -1.16. The average molecular weight is 432 g/mol. The molecule has 0 saturated carbocycles. The number of aromatic nitrogens is 1. The zero-order valence-electron chi connectivity index (χ0n) is 16.2. The van der Waals surface area contributed by atoms with Crippen LogP contribution in [0.2, 0.25) is 0 Å². The van der Waals surface area contributed by atoms with Crippen molar-refractivity contribution >= 4 is 6.09 Å². The topological polar surface area (TPSA) is 51.7 Å². The second-order valence-electron chi connectivity index (χ2n) is 7.01. The highest BCUT2D eigenvalue weighted by atomic mass is 19.4. The summed E-state index contributed by atoms with van der Waals surface area (Å²) in [5.41, 5.74) is 2.68. The van der Waals surface area contributed by atoms with Gasteiger partial charge < -0.3 is 9.47 Å². The van der Waals surface area contributed by atoms with Gasteiger partial charge in [0.2, 0.25) is 0 Å². The smallest absolute Gasteiger partial charge is 0.410 e. The summed E-state index contributed by atoms with van der Waals surface area (Å²) in [6, 6.07) is 13.1. The molecule has 1 amide bonds. The van der Waals surface area contributed by atoms with E-state index in [2.05, 4.69) is 9.72 Å². The van der Waals surface area contributed by atoms with E-state index < -0.39 is 24.0 Å². The number of rotatable bonds is 4. The first kappa shape index (κ1) is 20.6. The van der Waals surface area contributed by atoms with Gasteiger partial charge in [0.05, 0.1) is 18.8 Å². The quantitative estimate of drug-likeness (QED) is 0.503. The minimum absolute atomic E-state index is 0.0983. The molecule has 0 fully saturated rings. The second-order valence-corrected chi connectivity index (χ2v) is 7.01. The van der Waals surface area contributed by atoms with Crippen molar-refractivity contribution in [1.29, 1.82) is 0 Å². The van der Waals surface area contributed by atoms with Gasteiger partial charge in [-0.2, -0.15) is 0 Å². The molecule has 0 N–H and O–H groups in total. The number of alkyl halides is 3. The number of carbonyl (C=O) groups is 1. The van der Waals surface area contributed by atoms with Crippen molar-refractivity contribution in [2.24, 2.45) is 0 Å². The fraction of sp³-hybridized carbons (Fsp3) is 0.182. The summed E-state index contributed by atoms with van der Waals surface area (Å²) in [4.78, 5) is 18.2. The summed E-state index contributed by atoms with van der Waals surface area (Å²) in [6.45, 7) is 2.30. The molecule has 2 heterocycles. The van der Waals surface area contributed by atoms with E-state index in [4.69, 9.17) is 4.74 Å². The number of hydrogen-bond donors (Lipinski definition) is 0. The van der Waals surface area contributed by atoms with E-state index in [0.29, 0.717) is 28.6 Å². The molecule has 2 aromatic carbocycles. The maximum absolute atomic E-state index is 14.5. The van der Waals surface area contributed by atoms with Gasteiger partial charge in [-0.05, 0) is 48.9 Å². The second kappa shape index (κ2) is 7.90.